The Bertz CT molecular complexity index is 1460. The molecule has 9 heteroatoms. The van der Waals surface area contributed by atoms with E-state index in [1.807, 2.05) is 26.0 Å². The second kappa shape index (κ2) is 11.5. The third-order valence-electron chi connectivity index (χ3n) is 5.86. The Balaban J connectivity index is 1.45. The van der Waals surface area contributed by atoms with Crippen LogP contribution in [0.15, 0.2) is 83.5 Å². The van der Waals surface area contributed by atoms with E-state index in [4.69, 9.17) is 21.1 Å². The van der Waals surface area contributed by atoms with E-state index < -0.39 is 23.8 Å². The summed E-state index contributed by atoms with van der Waals surface area (Å²) in [7, 11) is 0. The first-order valence-electron chi connectivity index (χ1n) is 12.3. The fourth-order valence-electron chi connectivity index (χ4n) is 3.92. The molecular formula is C30H27ClN2O6. The van der Waals surface area contributed by atoms with Gasteiger partial charge >= 0.3 is 11.9 Å². The van der Waals surface area contributed by atoms with Crippen LogP contribution in [0.5, 0.6) is 5.75 Å². The van der Waals surface area contributed by atoms with Gasteiger partial charge in [-0.25, -0.2) is 14.5 Å². The Kier molecular flexibility index (Phi) is 8.16. The van der Waals surface area contributed by atoms with Gasteiger partial charge in [-0.05, 0) is 79.9 Å². The van der Waals surface area contributed by atoms with Crippen molar-refractivity contribution in [3.63, 3.8) is 0 Å². The monoisotopic (exact) mass is 546 g/mol. The summed E-state index contributed by atoms with van der Waals surface area (Å²) in [5, 5.41) is 2.59. The number of halogens is 1. The zero-order valence-electron chi connectivity index (χ0n) is 21.9. The highest BCUT2D eigenvalue weighted by Crippen LogP contribution is 2.31. The molecule has 0 saturated carbocycles. The Hall–Kier alpha value is -4.43. The molecule has 0 unspecified atom stereocenters. The molecule has 1 aliphatic rings. The van der Waals surface area contributed by atoms with Crippen molar-refractivity contribution < 1.29 is 28.7 Å². The number of rotatable bonds is 8. The van der Waals surface area contributed by atoms with Gasteiger partial charge < -0.3 is 14.8 Å². The van der Waals surface area contributed by atoms with Gasteiger partial charge in [0.05, 0.1) is 22.9 Å². The number of nitrogens with zero attached hydrogens (tertiary/aromatic N) is 1. The van der Waals surface area contributed by atoms with Crippen molar-refractivity contribution in [1.82, 2.24) is 0 Å². The molecule has 3 aromatic carbocycles. The molecule has 3 aromatic rings. The van der Waals surface area contributed by atoms with Crippen molar-refractivity contribution in [3.05, 3.63) is 100 Å². The van der Waals surface area contributed by atoms with Crippen LogP contribution in [0.2, 0.25) is 0 Å². The van der Waals surface area contributed by atoms with Gasteiger partial charge in [0, 0.05) is 5.69 Å². The second-order valence-electron chi connectivity index (χ2n) is 9.42. The standard InChI is InChI=1S/C30H27ClN2O6/c1-17(2)23-7-5-6-8-24(23)39-30(37)19-9-13-21(14-10-19)32-26-25(31)27(34)33(28(26)35)22-15-11-20(12-16-22)29(36)38-18(3)4/h5-18,32H,1-4H3. The molecule has 0 aliphatic carbocycles. The number of ether oxygens (including phenoxy) is 2. The van der Waals surface area contributed by atoms with Crippen molar-refractivity contribution in [3.8, 4) is 5.75 Å². The molecule has 2 amide bonds. The lowest BCUT2D eigenvalue weighted by molar-refractivity contribution is -0.120. The van der Waals surface area contributed by atoms with E-state index in [1.165, 1.54) is 24.3 Å². The van der Waals surface area contributed by atoms with Crippen LogP contribution < -0.4 is 15.0 Å². The maximum absolute atomic E-state index is 13.1. The number of para-hydroxylation sites is 1. The minimum atomic E-state index is -0.703. The quantitative estimate of drug-likeness (QED) is 0.209. The predicted octanol–water partition coefficient (Wildman–Crippen LogP) is 6.03. The number of anilines is 2. The summed E-state index contributed by atoms with van der Waals surface area (Å²) < 4.78 is 10.8. The maximum atomic E-state index is 13.1. The predicted molar refractivity (Wildman–Crippen MR) is 148 cm³/mol. The SMILES string of the molecule is CC(C)OC(=O)c1ccc(N2C(=O)C(Cl)=C(Nc3ccc(C(=O)Oc4ccccc4C(C)C)cc3)C2=O)cc1. The molecule has 1 aliphatic heterocycles. The van der Waals surface area contributed by atoms with Crippen molar-refractivity contribution in [1.29, 1.82) is 0 Å². The minimum absolute atomic E-state index is 0.105. The van der Waals surface area contributed by atoms with Crippen molar-refractivity contribution >= 4 is 46.7 Å². The fourth-order valence-corrected chi connectivity index (χ4v) is 4.13. The molecule has 4 rings (SSSR count). The molecule has 0 aromatic heterocycles. The number of imide groups is 1. The van der Waals surface area contributed by atoms with Gasteiger partial charge in [-0.1, -0.05) is 43.6 Å². The minimum Gasteiger partial charge on any atom is -0.459 e. The van der Waals surface area contributed by atoms with Crippen LogP contribution in [-0.2, 0) is 14.3 Å². The first-order chi connectivity index (χ1) is 18.6. The van der Waals surface area contributed by atoms with Gasteiger partial charge in [-0.3, -0.25) is 9.59 Å². The van der Waals surface area contributed by atoms with Crippen LogP contribution in [0.25, 0.3) is 0 Å². The summed E-state index contributed by atoms with van der Waals surface area (Å²) >= 11 is 6.23. The van der Waals surface area contributed by atoms with Crippen LogP contribution in [0.4, 0.5) is 11.4 Å². The van der Waals surface area contributed by atoms with Gasteiger partial charge in [0.15, 0.2) is 0 Å². The van der Waals surface area contributed by atoms with E-state index in [0.29, 0.717) is 17.0 Å². The molecule has 0 bridgehead atoms. The van der Waals surface area contributed by atoms with Crippen LogP contribution >= 0.6 is 11.6 Å². The van der Waals surface area contributed by atoms with Gasteiger partial charge in [0.25, 0.3) is 11.8 Å². The smallest absolute Gasteiger partial charge is 0.343 e. The van der Waals surface area contributed by atoms with Crippen molar-refractivity contribution in [2.24, 2.45) is 0 Å². The normalized spacial score (nSPS) is 13.4. The Morgan fingerprint density at radius 3 is 2.00 bits per heavy atom. The molecule has 1 N–H and O–H groups in total. The Labute approximate surface area is 231 Å². The first-order valence-corrected chi connectivity index (χ1v) is 12.7. The summed E-state index contributed by atoms with van der Waals surface area (Å²) in [5.41, 5.74) is 2.11. The molecule has 1 heterocycles. The lowest BCUT2D eigenvalue weighted by Crippen LogP contribution is -2.32. The third-order valence-corrected chi connectivity index (χ3v) is 6.22. The van der Waals surface area contributed by atoms with Crippen molar-refractivity contribution in [2.75, 3.05) is 10.2 Å². The van der Waals surface area contributed by atoms with Gasteiger partial charge in [0.1, 0.15) is 16.5 Å². The summed E-state index contributed by atoms with van der Waals surface area (Å²) in [4.78, 5) is 51.6. The zero-order valence-corrected chi connectivity index (χ0v) is 22.6. The van der Waals surface area contributed by atoms with E-state index in [2.05, 4.69) is 5.32 Å². The molecule has 0 radical (unpaired) electrons. The third kappa shape index (κ3) is 6.02. The van der Waals surface area contributed by atoms with Gasteiger partial charge in [-0.15, -0.1) is 0 Å². The number of hydrogen-bond acceptors (Lipinski definition) is 7. The molecule has 8 nitrogen and oxygen atoms in total. The topological polar surface area (TPSA) is 102 Å². The second-order valence-corrected chi connectivity index (χ2v) is 9.80. The molecule has 0 saturated heterocycles. The number of hydrogen-bond donors (Lipinski definition) is 1. The highest BCUT2D eigenvalue weighted by molar-refractivity contribution is 6.53. The Morgan fingerprint density at radius 2 is 1.38 bits per heavy atom. The van der Waals surface area contributed by atoms with E-state index in [1.54, 1.807) is 50.2 Å². The summed E-state index contributed by atoms with van der Waals surface area (Å²) in [6.45, 7) is 7.51. The zero-order chi connectivity index (χ0) is 28.3. The number of carbonyl (C=O) groups excluding carboxylic acids is 4. The number of carbonyl (C=O) groups is 4. The van der Waals surface area contributed by atoms with Crippen LogP contribution in [0, 0.1) is 0 Å². The highest BCUT2D eigenvalue weighted by atomic mass is 35.5. The van der Waals surface area contributed by atoms with E-state index in [9.17, 15) is 19.2 Å². The van der Waals surface area contributed by atoms with E-state index in [0.717, 1.165) is 10.5 Å². The molecule has 0 atom stereocenters. The average molecular weight is 547 g/mol. The molecule has 200 valence electrons. The van der Waals surface area contributed by atoms with Gasteiger partial charge in [0.2, 0.25) is 0 Å². The first kappa shape index (κ1) is 27.6. The van der Waals surface area contributed by atoms with Crippen LogP contribution in [0.3, 0.4) is 0 Å². The van der Waals surface area contributed by atoms with Crippen LogP contribution in [-0.4, -0.2) is 29.9 Å². The highest BCUT2D eigenvalue weighted by Gasteiger charge is 2.39. The fraction of sp³-hybridized carbons (Fsp3) is 0.200. The van der Waals surface area contributed by atoms with E-state index >= 15 is 0 Å². The maximum Gasteiger partial charge on any atom is 0.343 e. The molecule has 0 spiro atoms. The lowest BCUT2D eigenvalue weighted by atomic mass is 10.0. The van der Waals surface area contributed by atoms with E-state index in [-0.39, 0.29) is 34.0 Å². The molecular weight excluding hydrogens is 520 g/mol. The number of nitrogens with one attached hydrogen (secondary N) is 1. The molecule has 0 fully saturated rings. The Morgan fingerprint density at radius 1 is 0.795 bits per heavy atom. The summed E-state index contributed by atoms with van der Waals surface area (Å²) in [6.07, 6.45) is -0.281. The largest absolute Gasteiger partial charge is 0.459 e. The average Bonchev–Trinajstić information content (AvgIpc) is 3.11. The summed E-state index contributed by atoms with van der Waals surface area (Å²) in [6, 6.07) is 19.5. The number of esters is 2. The van der Waals surface area contributed by atoms with Crippen LogP contribution in [0.1, 0.15) is 59.9 Å². The summed E-state index contributed by atoms with van der Waals surface area (Å²) in [5.74, 6) is -1.71. The number of benzene rings is 3. The lowest BCUT2D eigenvalue weighted by Gasteiger charge is -2.16. The molecule has 39 heavy (non-hydrogen) atoms. The number of amides is 2. The van der Waals surface area contributed by atoms with Crippen molar-refractivity contribution in [2.45, 2.75) is 39.7 Å². The van der Waals surface area contributed by atoms with Gasteiger partial charge in [-0.2, -0.15) is 0 Å².